The van der Waals surface area contributed by atoms with Gasteiger partial charge < -0.3 is 10.1 Å². The molecule has 0 radical (unpaired) electrons. The lowest BCUT2D eigenvalue weighted by Gasteiger charge is -2.20. The molecule has 1 saturated carbocycles. The molecule has 13 heteroatoms. The summed E-state index contributed by atoms with van der Waals surface area (Å²) in [4.78, 5) is 26.1. The highest BCUT2D eigenvalue weighted by Gasteiger charge is 2.45. The van der Waals surface area contributed by atoms with Gasteiger partial charge in [0.15, 0.2) is 6.10 Å². The van der Waals surface area contributed by atoms with Crippen molar-refractivity contribution in [2.75, 3.05) is 5.32 Å². The molecule has 1 spiro atoms. The first-order valence-corrected chi connectivity index (χ1v) is 12.3. The van der Waals surface area contributed by atoms with Gasteiger partial charge in [-0.2, -0.15) is 17.9 Å². The number of alkyl halides is 3. The van der Waals surface area contributed by atoms with Crippen LogP contribution in [0.25, 0.3) is 5.69 Å². The number of carbonyl (C=O) groups is 1. The molecule has 2 aromatic carbocycles. The summed E-state index contributed by atoms with van der Waals surface area (Å²) in [6.07, 6.45) is -2.97. The Labute approximate surface area is 218 Å². The minimum absolute atomic E-state index is 0.0781. The highest BCUT2D eigenvalue weighted by atomic mass is 35.5. The molecule has 1 amide bonds. The van der Waals surface area contributed by atoms with Crippen LogP contribution in [0.3, 0.4) is 0 Å². The zero-order chi connectivity index (χ0) is 27.4. The Hall–Kier alpha value is -3.41. The summed E-state index contributed by atoms with van der Waals surface area (Å²) in [5, 5.41) is 6.26. The van der Waals surface area contributed by atoms with E-state index in [4.69, 9.17) is 16.3 Å². The number of ether oxygens (including phenoxy) is 1. The van der Waals surface area contributed by atoms with Crippen LogP contribution in [0.2, 0.25) is 5.02 Å². The Bertz CT molecular complexity index is 1460. The average Bonchev–Trinajstić information content (AvgIpc) is 3.58. The van der Waals surface area contributed by atoms with E-state index in [-0.39, 0.29) is 10.4 Å². The number of rotatable bonds is 5. The van der Waals surface area contributed by atoms with Gasteiger partial charge in [0, 0.05) is 19.0 Å². The summed E-state index contributed by atoms with van der Waals surface area (Å²) in [6, 6.07) is 5.02. The number of halogens is 6. The van der Waals surface area contributed by atoms with Gasteiger partial charge in [0.25, 0.3) is 5.91 Å². The van der Waals surface area contributed by atoms with E-state index in [0.29, 0.717) is 31.8 Å². The van der Waals surface area contributed by atoms with E-state index >= 15 is 4.39 Å². The summed E-state index contributed by atoms with van der Waals surface area (Å²) in [6.45, 7) is 1.09. The molecule has 1 aromatic heterocycles. The predicted molar refractivity (Wildman–Crippen MR) is 128 cm³/mol. The molecule has 7 nitrogen and oxygen atoms in total. The van der Waals surface area contributed by atoms with Gasteiger partial charge in [0.05, 0.1) is 16.3 Å². The first kappa shape index (κ1) is 26.2. The second-order valence-corrected chi connectivity index (χ2v) is 10.1. The molecular formula is C25H22ClF5N4O3. The third-order valence-corrected chi connectivity index (χ3v) is 7.32. The molecule has 2 heterocycles. The maximum absolute atomic E-state index is 15.4. The van der Waals surface area contributed by atoms with Crippen molar-refractivity contribution >= 4 is 23.2 Å². The zero-order valence-electron chi connectivity index (χ0n) is 20.0. The number of carbonyl (C=O) groups excluding carboxylic acids is 1. The molecule has 1 atom stereocenters. The fraction of sp³-hybridized carbons (Fsp3) is 0.400. The Morgan fingerprint density at radius 2 is 1.92 bits per heavy atom. The van der Waals surface area contributed by atoms with Crippen molar-refractivity contribution in [3.63, 3.8) is 0 Å². The number of nitrogens with zero attached hydrogens (tertiary/aromatic N) is 3. The number of para-hydroxylation sites is 1. The van der Waals surface area contributed by atoms with E-state index in [1.165, 1.54) is 16.7 Å². The number of hydrogen-bond acceptors (Lipinski definition) is 4. The fourth-order valence-corrected chi connectivity index (χ4v) is 4.83. The van der Waals surface area contributed by atoms with Crippen molar-refractivity contribution in [1.82, 2.24) is 14.3 Å². The Kier molecular flexibility index (Phi) is 6.49. The number of anilines is 1. The SMILES string of the molecule is C[C@H](Oc1cc(-n2nc3n(c2=O)CCCC2(CC2)C3)c(F)cc1C(=O)Nc1c(F)cccc1Cl)C(F)(F)F. The van der Waals surface area contributed by atoms with Crippen LogP contribution in [0.1, 0.15) is 48.8 Å². The van der Waals surface area contributed by atoms with Gasteiger partial charge in [-0.25, -0.2) is 13.6 Å². The maximum Gasteiger partial charge on any atom is 0.425 e. The quantitative estimate of drug-likeness (QED) is 0.411. The second kappa shape index (κ2) is 9.40. The van der Waals surface area contributed by atoms with Crippen LogP contribution in [0.15, 0.2) is 35.1 Å². The number of aromatic nitrogens is 3. The Morgan fingerprint density at radius 1 is 1.18 bits per heavy atom. The largest absolute Gasteiger partial charge is 0.480 e. The lowest BCUT2D eigenvalue weighted by atomic mass is 9.97. The number of nitrogens with one attached hydrogen (secondary N) is 1. The van der Waals surface area contributed by atoms with Gasteiger partial charge in [-0.15, -0.1) is 5.10 Å². The summed E-state index contributed by atoms with van der Waals surface area (Å²) < 4.78 is 76.8. The fourth-order valence-electron chi connectivity index (χ4n) is 4.62. The van der Waals surface area contributed by atoms with Crippen LogP contribution in [-0.2, 0) is 13.0 Å². The third kappa shape index (κ3) is 4.89. The van der Waals surface area contributed by atoms with Crippen molar-refractivity contribution in [2.45, 2.75) is 57.9 Å². The van der Waals surface area contributed by atoms with E-state index in [9.17, 15) is 27.2 Å². The summed E-state index contributed by atoms with van der Waals surface area (Å²) >= 11 is 5.93. The molecule has 0 bridgehead atoms. The molecule has 0 saturated heterocycles. The van der Waals surface area contributed by atoms with Crippen molar-refractivity contribution in [3.05, 3.63) is 68.9 Å². The standard InChI is InChI=1S/C25H22ClF5N4O3/c1-13(25(29,30)31)38-19-11-18(35-23(37)34-9-3-6-24(7-8-24)12-20(34)33-35)17(28)10-14(19)22(36)32-21-15(26)4-2-5-16(21)27/h2,4-5,10-11,13H,3,6-9,12H2,1H3,(H,32,36)/t13-/m0/s1. The molecule has 1 aliphatic carbocycles. The molecule has 1 aliphatic heterocycles. The molecule has 202 valence electrons. The van der Waals surface area contributed by atoms with Crippen LogP contribution in [0.5, 0.6) is 5.75 Å². The second-order valence-electron chi connectivity index (χ2n) is 9.69. The summed E-state index contributed by atoms with van der Waals surface area (Å²) in [5.74, 6) is -3.40. The van der Waals surface area contributed by atoms with Crippen LogP contribution in [0, 0.1) is 17.0 Å². The minimum Gasteiger partial charge on any atom is -0.480 e. The summed E-state index contributed by atoms with van der Waals surface area (Å²) in [7, 11) is 0. The summed E-state index contributed by atoms with van der Waals surface area (Å²) in [5.41, 5.74) is -2.16. The van der Waals surface area contributed by atoms with Gasteiger partial charge in [-0.1, -0.05) is 17.7 Å². The number of benzene rings is 2. The van der Waals surface area contributed by atoms with Gasteiger partial charge in [-0.3, -0.25) is 9.36 Å². The lowest BCUT2D eigenvalue weighted by Crippen LogP contribution is -2.32. The van der Waals surface area contributed by atoms with E-state index < -0.39 is 58.2 Å². The van der Waals surface area contributed by atoms with Crippen LogP contribution < -0.4 is 15.7 Å². The first-order chi connectivity index (χ1) is 17.9. The normalized spacial score (nSPS) is 17.0. The molecule has 5 rings (SSSR count). The van der Waals surface area contributed by atoms with Gasteiger partial charge in [0.1, 0.15) is 28.9 Å². The van der Waals surface area contributed by atoms with Crippen molar-refractivity contribution < 1.29 is 31.5 Å². The third-order valence-electron chi connectivity index (χ3n) is 7.01. The number of hydrogen-bond donors (Lipinski definition) is 1. The maximum atomic E-state index is 15.4. The monoisotopic (exact) mass is 556 g/mol. The predicted octanol–water partition coefficient (Wildman–Crippen LogP) is 5.66. The minimum atomic E-state index is -4.82. The van der Waals surface area contributed by atoms with Crippen molar-refractivity contribution in [2.24, 2.45) is 5.41 Å². The van der Waals surface area contributed by atoms with Crippen molar-refractivity contribution in [1.29, 1.82) is 0 Å². The van der Waals surface area contributed by atoms with E-state index in [2.05, 4.69) is 10.4 Å². The molecule has 3 aromatic rings. The van der Waals surface area contributed by atoms with E-state index in [1.54, 1.807) is 0 Å². The van der Waals surface area contributed by atoms with Crippen LogP contribution in [-0.4, -0.2) is 32.5 Å². The average molecular weight is 557 g/mol. The Balaban J connectivity index is 1.58. The number of fused-ring (bicyclic) bond motifs is 1. The van der Waals surface area contributed by atoms with Gasteiger partial charge in [-0.05, 0) is 56.2 Å². The highest BCUT2D eigenvalue weighted by Crippen LogP contribution is 2.52. The van der Waals surface area contributed by atoms with E-state index in [0.717, 1.165) is 42.5 Å². The molecule has 1 N–H and O–H groups in total. The molecule has 0 unspecified atom stereocenters. The topological polar surface area (TPSA) is 78.2 Å². The Morgan fingerprint density at radius 3 is 2.58 bits per heavy atom. The lowest BCUT2D eigenvalue weighted by molar-refractivity contribution is -0.189. The molecule has 1 fully saturated rings. The van der Waals surface area contributed by atoms with Crippen LogP contribution in [0.4, 0.5) is 27.6 Å². The highest BCUT2D eigenvalue weighted by molar-refractivity contribution is 6.34. The molecular weight excluding hydrogens is 535 g/mol. The molecule has 2 aliphatic rings. The van der Waals surface area contributed by atoms with Crippen molar-refractivity contribution in [3.8, 4) is 11.4 Å². The van der Waals surface area contributed by atoms with Gasteiger partial charge >= 0.3 is 11.9 Å². The molecule has 38 heavy (non-hydrogen) atoms. The number of amides is 1. The first-order valence-electron chi connectivity index (χ1n) is 11.9. The van der Waals surface area contributed by atoms with Crippen LogP contribution >= 0.6 is 11.6 Å². The van der Waals surface area contributed by atoms with Gasteiger partial charge in [0.2, 0.25) is 0 Å². The smallest absolute Gasteiger partial charge is 0.425 e. The zero-order valence-corrected chi connectivity index (χ0v) is 20.8. The van der Waals surface area contributed by atoms with E-state index in [1.807, 2.05) is 0 Å².